The van der Waals surface area contributed by atoms with Gasteiger partial charge in [0.05, 0.1) is 9.40 Å². The van der Waals surface area contributed by atoms with E-state index in [0.717, 1.165) is 0 Å². The Morgan fingerprint density at radius 3 is 2.53 bits per heavy atom. The molecule has 0 heterocycles. The van der Waals surface area contributed by atoms with Crippen molar-refractivity contribution in [1.82, 2.24) is 10.6 Å². The van der Waals surface area contributed by atoms with Crippen LogP contribution in [0.1, 0.15) is 42.1 Å². The number of amides is 2. The Morgan fingerprint density at radius 2 is 1.84 bits per heavy atom. The molecule has 2 aromatic rings. The first kappa shape index (κ1) is 25.5. The van der Waals surface area contributed by atoms with Gasteiger partial charge in [-0.15, -0.1) is 0 Å². The number of halogens is 2. The number of nitrogens with zero attached hydrogens (tertiary/aromatic N) is 1. The van der Waals surface area contributed by atoms with Crippen molar-refractivity contribution >= 4 is 55.3 Å². The fourth-order valence-corrected chi connectivity index (χ4v) is 4.10. The van der Waals surface area contributed by atoms with E-state index in [-0.39, 0.29) is 35.9 Å². The van der Waals surface area contributed by atoms with Crippen molar-refractivity contribution in [3.8, 4) is 5.75 Å². The molecule has 0 unspecified atom stereocenters. The zero-order valence-corrected chi connectivity index (χ0v) is 20.3. The van der Waals surface area contributed by atoms with Crippen LogP contribution in [-0.2, 0) is 16.1 Å². The quantitative estimate of drug-likeness (QED) is 0.144. The summed E-state index contributed by atoms with van der Waals surface area (Å²) in [6, 6.07) is 8.99. The van der Waals surface area contributed by atoms with E-state index >= 15 is 0 Å². The van der Waals surface area contributed by atoms with Gasteiger partial charge >= 0.3 is 5.97 Å². The molecule has 11 heteroatoms. The fourth-order valence-electron chi connectivity index (χ4n) is 2.71. The number of hydrogen-bond acceptors (Lipinski definition) is 6. The maximum Gasteiger partial charge on any atom is 0.311 e. The van der Waals surface area contributed by atoms with Gasteiger partial charge in [-0.05, 0) is 40.5 Å². The van der Waals surface area contributed by atoms with Crippen LogP contribution in [0.4, 0.5) is 5.69 Å². The summed E-state index contributed by atoms with van der Waals surface area (Å²) in [5.74, 6) is -0.980. The van der Waals surface area contributed by atoms with Crippen molar-refractivity contribution in [2.24, 2.45) is 0 Å². The van der Waals surface area contributed by atoms with Gasteiger partial charge in [0.2, 0.25) is 5.91 Å². The number of nitro benzene ring substituents is 1. The molecule has 2 rings (SSSR count). The van der Waals surface area contributed by atoms with E-state index in [1.54, 1.807) is 19.1 Å². The van der Waals surface area contributed by atoms with Crippen LogP contribution in [0.25, 0.3) is 0 Å². The van der Waals surface area contributed by atoms with Crippen LogP contribution >= 0.6 is 31.9 Å². The highest BCUT2D eigenvalue weighted by molar-refractivity contribution is 9.11. The van der Waals surface area contributed by atoms with Crippen molar-refractivity contribution in [2.75, 3.05) is 6.54 Å². The highest BCUT2D eigenvalue weighted by Gasteiger charge is 2.20. The van der Waals surface area contributed by atoms with E-state index < -0.39 is 16.8 Å². The third kappa shape index (κ3) is 7.41. The molecule has 0 aliphatic heterocycles. The Bertz CT molecular complexity index is 1030. The topological polar surface area (TPSA) is 128 Å². The SMILES string of the molecule is CCC(=O)NCCCC(=O)Oc1c(Br)cc(Br)cc1CNC(=O)c1ccccc1[N+](=O)[O-]. The average molecular weight is 571 g/mol. The van der Waals surface area contributed by atoms with Crippen molar-refractivity contribution in [3.05, 3.63) is 66.6 Å². The normalized spacial score (nSPS) is 10.3. The Balaban J connectivity index is 2.08. The maximum atomic E-state index is 12.5. The molecular weight excluding hydrogens is 550 g/mol. The summed E-state index contributed by atoms with van der Waals surface area (Å²) in [6.07, 6.45) is 0.883. The lowest BCUT2D eigenvalue weighted by Gasteiger charge is -2.14. The van der Waals surface area contributed by atoms with E-state index in [1.807, 2.05) is 0 Å². The third-order valence-electron chi connectivity index (χ3n) is 4.29. The Kier molecular flexibility index (Phi) is 9.79. The number of rotatable bonds is 10. The summed E-state index contributed by atoms with van der Waals surface area (Å²) in [5, 5.41) is 16.5. The number of carbonyl (C=O) groups is 3. The van der Waals surface area contributed by atoms with Crippen LogP contribution in [0.5, 0.6) is 5.75 Å². The molecule has 0 saturated carbocycles. The Morgan fingerprint density at radius 1 is 1.12 bits per heavy atom. The van der Waals surface area contributed by atoms with Crippen molar-refractivity contribution in [1.29, 1.82) is 0 Å². The van der Waals surface area contributed by atoms with Gasteiger partial charge in [-0.1, -0.05) is 35.0 Å². The number of benzene rings is 2. The summed E-state index contributed by atoms with van der Waals surface area (Å²) in [4.78, 5) is 46.6. The summed E-state index contributed by atoms with van der Waals surface area (Å²) in [6.45, 7) is 2.07. The molecule has 0 aliphatic rings. The van der Waals surface area contributed by atoms with Gasteiger partial charge in [-0.25, -0.2) is 0 Å². The van der Waals surface area contributed by atoms with Crippen molar-refractivity contribution in [2.45, 2.75) is 32.7 Å². The molecular formula is C21H21Br2N3O6. The molecule has 0 aromatic heterocycles. The van der Waals surface area contributed by atoms with Gasteiger partial charge in [0.25, 0.3) is 11.6 Å². The van der Waals surface area contributed by atoms with Crippen LogP contribution < -0.4 is 15.4 Å². The second-order valence-corrected chi connectivity index (χ2v) is 8.38. The number of esters is 1. The van der Waals surface area contributed by atoms with Crippen molar-refractivity contribution < 1.29 is 24.0 Å². The smallest absolute Gasteiger partial charge is 0.311 e. The predicted octanol–water partition coefficient (Wildman–Crippen LogP) is 4.26. The zero-order valence-electron chi connectivity index (χ0n) is 17.2. The molecule has 170 valence electrons. The van der Waals surface area contributed by atoms with Gasteiger partial charge < -0.3 is 15.4 Å². The minimum Gasteiger partial charge on any atom is -0.425 e. The number of ether oxygens (including phenoxy) is 1. The Labute approximate surface area is 201 Å². The van der Waals surface area contributed by atoms with Gasteiger partial charge in [0, 0.05) is 42.0 Å². The monoisotopic (exact) mass is 569 g/mol. The minimum atomic E-state index is -0.627. The fraction of sp³-hybridized carbons (Fsp3) is 0.286. The molecule has 2 aromatic carbocycles. The van der Waals surface area contributed by atoms with E-state index in [0.29, 0.717) is 33.9 Å². The number of nitrogens with one attached hydrogen (secondary N) is 2. The summed E-state index contributed by atoms with van der Waals surface area (Å²) in [5.41, 5.74) is 0.118. The summed E-state index contributed by atoms with van der Waals surface area (Å²) in [7, 11) is 0. The van der Waals surface area contributed by atoms with Crippen LogP contribution in [0.2, 0.25) is 0 Å². The highest BCUT2D eigenvalue weighted by Crippen LogP contribution is 2.33. The second kappa shape index (κ2) is 12.3. The number of nitro groups is 1. The molecule has 2 N–H and O–H groups in total. The van der Waals surface area contributed by atoms with Crippen molar-refractivity contribution in [3.63, 3.8) is 0 Å². The molecule has 32 heavy (non-hydrogen) atoms. The van der Waals surface area contributed by atoms with Gasteiger partial charge in [-0.2, -0.15) is 0 Å². The van der Waals surface area contributed by atoms with Crippen LogP contribution in [0.15, 0.2) is 45.3 Å². The molecule has 0 atom stereocenters. The highest BCUT2D eigenvalue weighted by atomic mass is 79.9. The lowest BCUT2D eigenvalue weighted by Crippen LogP contribution is -2.25. The minimum absolute atomic E-state index is 0.0297. The van der Waals surface area contributed by atoms with Gasteiger partial charge in [0.15, 0.2) is 0 Å². The molecule has 2 amide bonds. The Hall–Kier alpha value is -2.79. The van der Waals surface area contributed by atoms with Crippen LogP contribution in [-0.4, -0.2) is 29.3 Å². The molecule has 0 fully saturated rings. The molecule has 9 nitrogen and oxygen atoms in total. The molecule has 0 bridgehead atoms. The lowest BCUT2D eigenvalue weighted by molar-refractivity contribution is -0.385. The largest absolute Gasteiger partial charge is 0.425 e. The predicted molar refractivity (Wildman–Crippen MR) is 124 cm³/mol. The van der Waals surface area contributed by atoms with E-state index in [2.05, 4.69) is 42.5 Å². The maximum absolute atomic E-state index is 12.5. The molecule has 0 saturated heterocycles. The molecule has 0 spiro atoms. The van der Waals surface area contributed by atoms with E-state index in [9.17, 15) is 24.5 Å². The number of carbonyl (C=O) groups excluding carboxylic acids is 3. The summed E-state index contributed by atoms with van der Waals surface area (Å²) < 4.78 is 6.66. The average Bonchev–Trinajstić information content (AvgIpc) is 2.76. The van der Waals surface area contributed by atoms with E-state index in [1.165, 1.54) is 24.3 Å². The number of para-hydroxylation sites is 1. The second-order valence-electron chi connectivity index (χ2n) is 6.61. The zero-order chi connectivity index (χ0) is 23.7. The lowest BCUT2D eigenvalue weighted by atomic mass is 10.1. The first-order valence-electron chi connectivity index (χ1n) is 9.69. The third-order valence-corrected chi connectivity index (χ3v) is 5.33. The molecule has 0 radical (unpaired) electrons. The first-order chi connectivity index (χ1) is 15.2. The van der Waals surface area contributed by atoms with Gasteiger partial charge in [0.1, 0.15) is 11.3 Å². The standard InChI is InChI=1S/C21H21Br2N3O6/c1-2-18(27)24-9-5-8-19(28)32-20-13(10-14(22)11-16(20)23)12-25-21(29)15-6-3-4-7-17(15)26(30)31/h3-4,6-7,10-11H,2,5,8-9,12H2,1H3,(H,24,27)(H,25,29). The van der Waals surface area contributed by atoms with Gasteiger partial charge in [-0.3, -0.25) is 24.5 Å². The van der Waals surface area contributed by atoms with Crippen LogP contribution in [0, 0.1) is 10.1 Å². The molecule has 0 aliphatic carbocycles. The summed E-state index contributed by atoms with van der Waals surface area (Å²) >= 11 is 6.71. The van der Waals surface area contributed by atoms with E-state index in [4.69, 9.17) is 4.74 Å². The van der Waals surface area contributed by atoms with Crippen LogP contribution in [0.3, 0.4) is 0 Å². The number of hydrogen-bond donors (Lipinski definition) is 2. The first-order valence-corrected chi connectivity index (χ1v) is 11.3.